The molecule has 0 atom stereocenters. The summed E-state index contributed by atoms with van der Waals surface area (Å²) in [5, 5.41) is 7.09. The first-order valence-corrected chi connectivity index (χ1v) is 8.87. The molecule has 1 saturated heterocycles. The van der Waals surface area contributed by atoms with Crippen molar-refractivity contribution in [3.8, 4) is 5.75 Å². The van der Waals surface area contributed by atoms with Crippen molar-refractivity contribution in [1.82, 2.24) is 19.2 Å². The summed E-state index contributed by atoms with van der Waals surface area (Å²) >= 11 is 0. The number of nitrogens with zero attached hydrogens (tertiary/aromatic N) is 5. The lowest BCUT2D eigenvalue weighted by atomic mass is 10.3. The van der Waals surface area contributed by atoms with Crippen molar-refractivity contribution in [3.05, 3.63) is 47.1 Å². The van der Waals surface area contributed by atoms with Crippen LogP contribution in [0.4, 0.5) is 11.5 Å². The number of anilines is 2. The molecular weight excluding hydrogens is 364 g/mol. The predicted molar refractivity (Wildman–Crippen MR) is 102 cm³/mol. The number of carbonyl (C=O) groups is 1. The third-order valence-corrected chi connectivity index (χ3v) is 4.47. The van der Waals surface area contributed by atoms with Crippen LogP contribution in [0.1, 0.15) is 0 Å². The summed E-state index contributed by atoms with van der Waals surface area (Å²) in [6, 6.07) is 7.06. The minimum atomic E-state index is -0.401. The van der Waals surface area contributed by atoms with Crippen molar-refractivity contribution in [2.45, 2.75) is 6.54 Å². The van der Waals surface area contributed by atoms with E-state index in [-0.39, 0.29) is 12.5 Å². The molecule has 1 aliphatic rings. The zero-order valence-electron chi connectivity index (χ0n) is 15.4. The molecule has 146 valence electrons. The minimum absolute atomic E-state index is 0.221. The maximum absolute atomic E-state index is 12.7. The number of aromatic nitrogens is 4. The van der Waals surface area contributed by atoms with Gasteiger partial charge < -0.3 is 19.7 Å². The molecule has 3 aromatic rings. The van der Waals surface area contributed by atoms with Gasteiger partial charge in [-0.3, -0.25) is 4.79 Å². The highest BCUT2D eigenvalue weighted by atomic mass is 16.5. The van der Waals surface area contributed by atoms with E-state index in [2.05, 4.69) is 15.4 Å². The number of hydrogen-bond acceptors (Lipinski definition) is 7. The normalized spacial score (nSPS) is 14.2. The summed E-state index contributed by atoms with van der Waals surface area (Å²) in [7, 11) is 1.53. The van der Waals surface area contributed by atoms with E-state index in [9.17, 15) is 9.59 Å². The van der Waals surface area contributed by atoms with Crippen LogP contribution < -0.4 is 20.6 Å². The van der Waals surface area contributed by atoms with Crippen LogP contribution in [0.25, 0.3) is 5.65 Å². The standard InChI is InChI=1S/C18H20N6O4/c1-27-14-5-3-2-4-13(14)20-15(25)12-24-18(26)23-7-6-19-16(17(23)21-24)22-8-10-28-11-9-22/h2-7H,8-12H2,1H3,(H,20,25). The topological polar surface area (TPSA) is 103 Å². The first kappa shape index (κ1) is 18.0. The molecule has 1 N–H and O–H groups in total. The molecule has 0 aliphatic carbocycles. The molecule has 0 saturated carbocycles. The molecule has 0 radical (unpaired) electrons. The second-order valence-electron chi connectivity index (χ2n) is 6.23. The van der Waals surface area contributed by atoms with Crippen LogP contribution in [0.3, 0.4) is 0 Å². The zero-order chi connectivity index (χ0) is 19.5. The Morgan fingerprint density at radius 1 is 1.29 bits per heavy atom. The van der Waals surface area contributed by atoms with E-state index in [1.165, 1.54) is 11.5 Å². The smallest absolute Gasteiger partial charge is 0.350 e. The summed E-state index contributed by atoms with van der Waals surface area (Å²) < 4.78 is 13.1. The van der Waals surface area contributed by atoms with E-state index in [1.807, 2.05) is 4.90 Å². The van der Waals surface area contributed by atoms with Crippen molar-refractivity contribution in [2.24, 2.45) is 0 Å². The highest BCUT2D eigenvalue weighted by Crippen LogP contribution is 2.23. The second-order valence-corrected chi connectivity index (χ2v) is 6.23. The third-order valence-electron chi connectivity index (χ3n) is 4.47. The fraction of sp³-hybridized carbons (Fsp3) is 0.333. The monoisotopic (exact) mass is 384 g/mol. The number of amides is 1. The van der Waals surface area contributed by atoms with E-state index in [0.717, 1.165) is 4.68 Å². The number of nitrogens with one attached hydrogen (secondary N) is 1. The largest absolute Gasteiger partial charge is 0.495 e. The van der Waals surface area contributed by atoms with E-state index >= 15 is 0 Å². The third kappa shape index (κ3) is 3.41. The quantitative estimate of drug-likeness (QED) is 0.678. The minimum Gasteiger partial charge on any atom is -0.495 e. The molecule has 1 aromatic carbocycles. The lowest BCUT2D eigenvalue weighted by Gasteiger charge is -2.27. The number of methoxy groups -OCH3 is 1. The lowest BCUT2D eigenvalue weighted by molar-refractivity contribution is -0.117. The highest BCUT2D eigenvalue weighted by molar-refractivity contribution is 5.92. The summed E-state index contributed by atoms with van der Waals surface area (Å²) in [6.45, 7) is 2.30. The Morgan fingerprint density at radius 2 is 2.07 bits per heavy atom. The van der Waals surface area contributed by atoms with Crippen LogP contribution in [0, 0.1) is 0 Å². The number of rotatable bonds is 5. The molecule has 2 aromatic heterocycles. The van der Waals surface area contributed by atoms with Gasteiger partial charge in [0.25, 0.3) is 0 Å². The number of benzene rings is 1. The van der Waals surface area contributed by atoms with Gasteiger partial charge in [-0.05, 0) is 12.1 Å². The lowest BCUT2D eigenvalue weighted by Crippen LogP contribution is -2.37. The van der Waals surface area contributed by atoms with Crippen LogP contribution in [0.5, 0.6) is 5.75 Å². The van der Waals surface area contributed by atoms with Gasteiger partial charge in [0.05, 0.1) is 26.0 Å². The average molecular weight is 384 g/mol. The average Bonchev–Trinajstić information content (AvgIpc) is 3.04. The van der Waals surface area contributed by atoms with E-state index in [1.54, 1.807) is 36.7 Å². The highest BCUT2D eigenvalue weighted by Gasteiger charge is 2.20. The summed E-state index contributed by atoms with van der Waals surface area (Å²) in [4.78, 5) is 31.5. The Kier molecular flexibility index (Phi) is 4.94. The van der Waals surface area contributed by atoms with Crippen molar-refractivity contribution in [3.63, 3.8) is 0 Å². The number of carbonyl (C=O) groups excluding carboxylic acids is 1. The maximum atomic E-state index is 12.7. The van der Waals surface area contributed by atoms with Gasteiger partial charge in [-0.15, -0.1) is 5.10 Å². The summed E-state index contributed by atoms with van der Waals surface area (Å²) in [6.07, 6.45) is 3.10. The van der Waals surface area contributed by atoms with Crippen LogP contribution >= 0.6 is 0 Å². The van der Waals surface area contributed by atoms with Crippen LogP contribution in [0.2, 0.25) is 0 Å². The van der Waals surface area contributed by atoms with Gasteiger partial charge in [0.1, 0.15) is 12.3 Å². The molecule has 10 heteroatoms. The van der Waals surface area contributed by atoms with E-state index in [0.29, 0.717) is 49.2 Å². The maximum Gasteiger partial charge on any atom is 0.350 e. The van der Waals surface area contributed by atoms with E-state index in [4.69, 9.17) is 9.47 Å². The van der Waals surface area contributed by atoms with Gasteiger partial charge in [-0.25, -0.2) is 18.9 Å². The SMILES string of the molecule is COc1ccccc1NC(=O)Cn1nc2c(N3CCOCC3)nccn2c1=O. The Hall–Kier alpha value is -3.40. The molecule has 0 unspecified atom stereocenters. The Labute approximate surface area is 160 Å². The summed E-state index contributed by atoms with van der Waals surface area (Å²) in [5.41, 5.74) is 0.545. The van der Waals surface area contributed by atoms with Gasteiger partial charge >= 0.3 is 5.69 Å². The van der Waals surface area contributed by atoms with Crippen LogP contribution in [0.15, 0.2) is 41.5 Å². The molecule has 1 amide bonds. The molecule has 4 rings (SSSR count). The number of ether oxygens (including phenoxy) is 2. The Morgan fingerprint density at radius 3 is 2.86 bits per heavy atom. The molecule has 0 bridgehead atoms. The Bertz CT molecular complexity index is 1050. The molecule has 1 fully saturated rings. The zero-order valence-corrected chi connectivity index (χ0v) is 15.4. The van der Waals surface area contributed by atoms with Gasteiger partial charge in [-0.2, -0.15) is 0 Å². The van der Waals surface area contributed by atoms with Crippen LogP contribution in [-0.2, 0) is 16.1 Å². The first-order chi connectivity index (χ1) is 13.7. The van der Waals surface area contributed by atoms with Gasteiger partial charge in [0.15, 0.2) is 5.82 Å². The number of para-hydroxylation sites is 2. The van der Waals surface area contributed by atoms with Crippen molar-refractivity contribution in [2.75, 3.05) is 43.6 Å². The molecule has 10 nitrogen and oxygen atoms in total. The number of morpholine rings is 1. The second kappa shape index (κ2) is 7.69. The van der Waals surface area contributed by atoms with Gasteiger partial charge in [0.2, 0.25) is 11.6 Å². The first-order valence-electron chi connectivity index (χ1n) is 8.87. The van der Waals surface area contributed by atoms with Crippen molar-refractivity contribution in [1.29, 1.82) is 0 Å². The van der Waals surface area contributed by atoms with Gasteiger partial charge in [0, 0.05) is 25.5 Å². The molecule has 3 heterocycles. The number of fused-ring (bicyclic) bond motifs is 1. The number of hydrogen-bond donors (Lipinski definition) is 1. The molecule has 1 aliphatic heterocycles. The van der Waals surface area contributed by atoms with E-state index < -0.39 is 5.69 Å². The summed E-state index contributed by atoms with van der Waals surface area (Å²) in [5.74, 6) is 0.764. The van der Waals surface area contributed by atoms with Crippen LogP contribution in [-0.4, -0.2) is 58.5 Å². The molecule has 0 spiro atoms. The fourth-order valence-electron chi connectivity index (χ4n) is 3.11. The fourth-order valence-corrected chi connectivity index (χ4v) is 3.11. The Balaban J connectivity index is 1.59. The predicted octanol–water partition coefficient (Wildman–Crippen LogP) is 0.375. The van der Waals surface area contributed by atoms with Crippen molar-refractivity contribution < 1.29 is 14.3 Å². The molecule has 28 heavy (non-hydrogen) atoms. The molecular formula is C18H20N6O4. The van der Waals surface area contributed by atoms with Crippen molar-refractivity contribution >= 4 is 23.1 Å². The van der Waals surface area contributed by atoms with Gasteiger partial charge in [-0.1, -0.05) is 12.1 Å².